The molecule has 0 aromatic carbocycles. The number of thiol groups is 1. The van der Waals surface area contributed by atoms with Crippen LogP contribution < -0.4 is 0 Å². The highest BCUT2D eigenvalue weighted by Crippen LogP contribution is 1.97. The van der Waals surface area contributed by atoms with Crippen molar-refractivity contribution in [1.29, 1.82) is 0 Å². The third kappa shape index (κ3) is 7.48. The molecular weight excluding hydrogens is 196 g/mol. The molecule has 0 rings (SSSR count). The highest BCUT2D eigenvalue weighted by molar-refractivity contribution is 7.67. The Morgan fingerprint density at radius 2 is 2.23 bits per heavy atom. The molecule has 13 heavy (non-hydrogen) atoms. The second kappa shape index (κ2) is 6.62. The first-order valence-corrected chi connectivity index (χ1v) is 4.76. The maximum atomic E-state index is 10.5. The third-order valence-corrected chi connectivity index (χ3v) is 1.73. The van der Waals surface area contributed by atoms with E-state index in [9.17, 15) is 13.2 Å². The maximum absolute atomic E-state index is 10.5. The summed E-state index contributed by atoms with van der Waals surface area (Å²) in [6.07, 6.45) is 0.904. The smallest absolute Gasteiger partial charge is 0.330 e. The summed E-state index contributed by atoms with van der Waals surface area (Å²) in [4.78, 5) is 10.5. The zero-order valence-electron chi connectivity index (χ0n) is 7.26. The molecule has 0 amide bonds. The number of hydrogen-bond donors (Lipinski definition) is 1. The van der Waals surface area contributed by atoms with Crippen LogP contribution in [-0.2, 0) is 24.7 Å². The molecule has 0 fully saturated rings. The van der Waals surface area contributed by atoms with Gasteiger partial charge in [-0.05, 0) is 6.92 Å². The number of rotatable bonds is 6. The van der Waals surface area contributed by atoms with Gasteiger partial charge in [0.15, 0.2) is 0 Å². The van der Waals surface area contributed by atoms with Crippen molar-refractivity contribution in [2.75, 3.05) is 6.61 Å². The van der Waals surface area contributed by atoms with Crippen molar-refractivity contribution in [3.8, 4) is 0 Å². The molecule has 0 aliphatic carbocycles. The van der Waals surface area contributed by atoms with Gasteiger partial charge in [-0.25, -0.2) is 13.2 Å². The molecule has 0 aromatic heterocycles. The lowest BCUT2D eigenvalue weighted by Crippen LogP contribution is -2.12. The van der Waals surface area contributed by atoms with Gasteiger partial charge >= 0.3 is 5.97 Å². The van der Waals surface area contributed by atoms with Crippen molar-refractivity contribution < 1.29 is 22.1 Å². The molecule has 0 heterocycles. The van der Waals surface area contributed by atoms with E-state index in [2.05, 4.69) is 15.5 Å². The first-order chi connectivity index (χ1) is 6.06. The van der Waals surface area contributed by atoms with E-state index in [0.29, 0.717) is 6.42 Å². The van der Waals surface area contributed by atoms with Crippen LogP contribution in [0.15, 0.2) is 12.7 Å². The Morgan fingerprint density at radius 3 is 2.69 bits per heavy atom. The van der Waals surface area contributed by atoms with Crippen LogP contribution in [0.1, 0.15) is 13.3 Å². The van der Waals surface area contributed by atoms with Gasteiger partial charge in [0.25, 0.3) is 11.0 Å². The summed E-state index contributed by atoms with van der Waals surface area (Å²) in [5.74, 6) is -0.529. The fourth-order valence-corrected chi connectivity index (χ4v) is 0.983. The summed E-state index contributed by atoms with van der Waals surface area (Å²) in [5, 5.41) is 0. The molecule has 0 aromatic rings. The normalized spacial score (nSPS) is 12.5. The lowest BCUT2D eigenvalue weighted by molar-refractivity contribution is -0.138. The van der Waals surface area contributed by atoms with Gasteiger partial charge in [0, 0.05) is 12.5 Å². The second-order valence-corrected chi connectivity index (χ2v) is 2.96. The van der Waals surface area contributed by atoms with Crippen LogP contribution in [0.25, 0.3) is 0 Å². The van der Waals surface area contributed by atoms with E-state index in [1.807, 2.05) is 0 Å². The molecule has 0 N–H and O–H groups in total. The maximum Gasteiger partial charge on any atom is 0.330 e. The summed E-state index contributed by atoms with van der Waals surface area (Å²) < 4.78 is 29.1. The van der Waals surface area contributed by atoms with Crippen molar-refractivity contribution in [1.82, 2.24) is 0 Å². The monoisotopic (exact) mass is 208 g/mol. The quantitative estimate of drug-likeness (QED) is 0.379. The average Bonchev–Trinajstić information content (AvgIpc) is 2.02. The molecule has 0 radical (unpaired) electrons. The van der Waals surface area contributed by atoms with E-state index in [4.69, 9.17) is 0 Å². The summed E-state index contributed by atoms with van der Waals surface area (Å²) in [7, 11) is -2.84. The molecule has 1 unspecified atom stereocenters. The number of ether oxygens (including phenoxy) is 1. The Kier molecular flexibility index (Phi) is 6.17. The number of carbonyl (C=O) groups is 1. The zero-order valence-corrected chi connectivity index (χ0v) is 8.16. The van der Waals surface area contributed by atoms with Crippen LogP contribution in [0, 0.1) is 0 Å². The minimum Gasteiger partial charge on any atom is -0.462 e. The van der Waals surface area contributed by atoms with Crippen molar-refractivity contribution in [2.24, 2.45) is 0 Å². The average molecular weight is 208 g/mol. The fraction of sp³-hybridized carbons (Fsp3) is 0.571. The van der Waals surface area contributed by atoms with Crippen molar-refractivity contribution in [3.63, 3.8) is 0 Å². The van der Waals surface area contributed by atoms with Gasteiger partial charge in [0.1, 0.15) is 0 Å². The Hall–Kier alpha value is -0.880. The van der Waals surface area contributed by atoms with Gasteiger partial charge in [-0.1, -0.05) is 6.58 Å². The van der Waals surface area contributed by atoms with Crippen LogP contribution >= 0.6 is 0 Å². The number of hydrogen-bond acceptors (Lipinski definition) is 5. The predicted octanol–water partition coefficient (Wildman–Crippen LogP) is 0.0372. The summed E-state index contributed by atoms with van der Waals surface area (Å²) in [5.41, 5.74) is 0. The molecule has 0 spiro atoms. The lowest BCUT2D eigenvalue weighted by atomic mass is 10.3. The standard InChI is InChI=1S/C7H12O5S/c1-3-7(8)11-5-4-6(2)12-13(9)10/h3,6,13H,1,4-5H2,2H3. The lowest BCUT2D eigenvalue weighted by Gasteiger charge is -2.06. The molecule has 0 saturated heterocycles. The van der Waals surface area contributed by atoms with E-state index in [0.717, 1.165) is 6.08 Å². The Balaban J connectivity index is 3.52. The molecule has 5 nitrogen and oxygen atoms in total. The largest absolute Gasteiger partial charge is 0.462 e. The van der Waals surface area contributed by atoms with E-state index >= 15 is 0 Å². The van der Waals surface area contributed by atoms with E-state index in [1.165, 1.54) is 0 Å². The molecule has 0 aliphatic heterocycles. The SMILES string of the molecule is C=CC(=O)OCCC(C)O[SH](=O)=O. The molecule has 76 valence electrons. The summed E-state index contributed by atoms with van der Waals surface area (Å²) in [6, 6.07) is 0. The van der Waals surface area contributed by atoms with Crippen molar-refractivity contribution in [2.45, 2.75) is 19.4 Å². The van der Waals surface area contributed by atoms with Crippen molar-refractivity contribution >= 4 is 17.0 Å². The van der Waals surface area contributed by atoms with Gasteiger partial charge < -0.3 is 4.74 Å². The Bertz CT molecular complexity index is 237. The predicted molar refractivity (Wildman–Crippen MR) is 46.6 cm³/mol. The highest BCUT2D eigenvalue weighted by atomic mass is 32.2. The minimum absolute atomic E-state index is 0.120. The fourth-order valence-electron chi connectivity index (χ4n) is 0.584. The van der Waals surface area contributed by atoms with Gasteiger partial charge in [-0.3, -0.25) is 4.18 Å². The van der Waals surface area contributed by atoms with Crippen LogP contribution in [0.2, 0.25) is 0 Å². The first-order valence-electron chi connectivity index (χ1n) is 3.66. The molecule has 0 saturated carbocycles. The third-order valence-electron chi connectivity index (χ3n) is 1.20. The van der Waals surface area contributed by atoms with Crippen LogP contribution in [0.4, 0.5) is 0 Å². The Morgan fingerprint density at radius 1 is 1.62 bits per heavy atom. The molecule has 1 atom stereocenters. The molecule has 0 aliphatic rings. The van der Waals surface area contributed by atoms with Gasteiger partial charge in [-0.2, -0.15) is 0 Å². The van der Waals surface area contributed by atoms with E-state index < -0.39 is 23.1 Å². The number of esters is 1. The van der Waals surface area contributed by atoms with Gasteiger partial charge in [-0.15, -0.1) is 0 Å². The molecular formula is C7H12O5S. The number of carbonyl (C=O) groups excluding carboxylic acids is 1. The second-order valence-electron chi connectivity index (χ2n) is 2.30. The van der Waals surface area contributed by atoms with Gasteiger partial charge in [0.05, 0.1) is 12.7 Å². The first kappa shape index (κ1) is 12.1. The summed E-state index contributed by atoms with van der Waals surface area (Å²) >= 11 is 0. The topological polar surface area (TPSA) is 69.7 Å². The van der Waals surface area contributed by atoms with Crippen molar-refractivity contribution in [3.05, 3.63) is 12.7 Å². The summed E-state index contributed by atoms with van der Waals surface area (Å²) in [6.45, 7) is 4.90. The Labute approximate surface area is 78.5 Å². The zero-order chi connectivity index (χ0) is 10.3. The minimum atomic E-state index is -2.84. The van der Waals surface area contributed by atoms with Crippen LogP contribution in [-0.4, -0.2) is 27.1 Å². The molecule has 6 heteroatoms. The van der Waals surface area contributed by atoms with Crippen LogP contribution in [0.3, 0.4) is 0 Å². The van der Waals surface area contributed by atoms with Crippen LogP contribution in [0.5, 0.6) is 0 Å². The molecule has 0 bridgehead atoms. The van der Waals surface area contributed by atoms with E-state index in [-0.39, 0.29) is 6.61 Å². The van der Waals surface area contributed by atoms with E-state index in [1.54, 1.807) is 6.92 Å². The highest BCUT2D eigenvalue weighted by Gasteiger charge is 2.04. The van der Waals surface area contributed by atoms with Gasteiger partial charge in [0.2, 0.25) is 0 Å².